The number of hydrogen-bond acceptors (Lipinski definition) is 14. The van der Waals surface area contributed by atoms with E-state index in [4.69, 9.17) is 15.2 Å². The van der Waals surface area contributed by atoms with Crippen LogP contribution in [0.5, 0.6) is 5.75 Å². The smallest absolute Gasteiger partial charge is 0.411 e. The van der Waals surface area contributed by atoms with Crippen LogP contribution in [0.1, 0.15) is 69.2 Å². The second-order valence-corrected chi connectivity index (χ2v) is 22.9. The van der Waals surface area contributed by atoms with E-state index in [9.17, 15) is 31.5 Å². The highest BCUT2D eigenvalue weighted by atomic mass is 128. The average molecular weight is 1230 g/mol. The predicted molar refractivity (Wildman–Crippen MR) is 291 cm³/mol. The number of ether oxygens (including phenoxy) is 2. The van der Waals surface area contributed by atoms with Crippen LogP contribution in [0.4, 0.5) is 26.7 Å². The molecule has 0 fully saturated rings. The number of phenols is 1. The van der Waals surface area contributed by atoms with E-state index in [1.807, 2.05) is 24.3 Å². The van der Waals surface area contributed by atoms with E-state index in [2.05, 4.69) is 67.3 Å². The summed E-state index contributed by atoms with van der Waals surface area (Å²) in [5.74, 6) is -0.142. The Bertz CT molecular complexity index is 2700. The van der Waals surface area contributed by atoms with Gasteiger partial charge in [0, 0.05) is 106 Å². The van der Waals surface area contributed by atoms with Crippen molar-refractivity contribution in [1.29, 1.82) is 0 Å². The molecule has 366 valence electrons. The van der Waals surface area contributed by atoms with Crippen LogP contribution >= 0.6 is 59.9 Å². The molecule has 6 rings (SSSR count). The standard InChI is InChI=1S/C23H28N4O4S2.C23H27N3O5S2.I2/c1-14(2)31-22(28)26-17-9-6-15(7-10-17)21-25-13-19(32-21)18-11-8-16(24)12-20(18)33(29,30)27-23(3,4)5;1-14(2)31-22(28)25-16-8-6-15(7-9-16)21-24-13-19(32-21)18-11-10-17(27)12-20(18)33(29,30)26-23(3,4)5;1-2/h6-14,27H,24H2,1-5H3,(H,26,28);6-14,26-27H,1-5H3,(H,25,28);. The van der Waals surface area contributed by atoms with Crippen molar-refractivity contribution in [1.82, 2.24) is 19.4 Å². The van der Waals surface area contributed by atoms with E-state index in [-0.39, 0.29) is 27.7 Å². The Balaban J connectivity index is 0.000000286. The highest BCUT2D eigenvalue weighted by molar-refractivity contribution is 15.0. The minimum Gasteiger partial charge on any atom is -0.508 e. The van der Waals surface area contributed by atoms with Crippen LogP contribution in [0.2, 0.25) is 0 Å². The lowest BCUT2D eigenvalue weighted by molar-refractivity contribution is 0.129. The van der Waals surface area contributed by atoms with E-state index in [0.717, 1.165) is 11.1 Å². The molecule has 0 saturated heterocycles. The lowest BCUT2D eigenvalue weighted by Crippen LogP contribution is -2.40. The van der Waals surface area contributed by atoms with Gasteiger partial charge >= 0.3 is 12.2 Å². The first-order valence-electron chi connectivity index (χ1n) is 20.7. The number of phenolic OH excluding ortho intramolecular Hbond substituents is 1. The van der Waals surface area contributed by atoms with Gasteiger partial charge in [-0.1, -0.05) is 6.07 Å². The second kappa shape index (κ2) is 23.9. The minimum atomic E-state index is -3.88. The lowest BCUT2D eigenvalue weighted by atomic mass is 10.1. The normalized spacial score (nSPS) is 11.8. The highest BCUT2D eigenvalue weighted by Crippen LogP contribution is 2.39. The fourth-order valence-electron chi connectivity index (χ4n) is 6.00. The average Bonchev–Trinajstić information content (AvgIpc) is 3.92. The summed E-state index contributed by atoms with van der Waals surface area (Å²) in [5.41, 5.74) is 8.73. The minimum absolute atomic E-state index is 0.0177. The largest absolute Gasteiger partial charge is 0.508 e. The number of carbonyl (C=O) groups excluding carboxylic acids is 2. The summed E-state index contributed by atoms with van der Waals surface area (Å²) in [6, 6.07) is 23.3. The molecule has 22 heteroatoms. The number of thiazole rings is 2. The maximum Gasteiger partial charge on any atom is 0.411 e. The van der Waals surface area contributed by atoms with Crippen LogP contribution in [0.25, 0.3) is 42.0 Å². The Labute approximate surface area is 429 Å². The first kappa shape index (κ1) is 56.2. The third kappa shape index (κ3) is 16.9. The maximum atomic E-state index is 13.0. The molecule has 2 heterocycles. The number of rotatable bonds is 12. The third-order valence-corrected chi connectivity index (χ3v) is 14.2. The topological polar surface area (TPSA) is 241 Å². The van der Waals surface area contributed by atoms with Gasteiger partial charge in [-0.25, -0.2) is 45.8 Å². The summed E-state index contributed by atoms with van der Waals surface area (Å²) >= 11 is 6.93. The van der Waals surface area contributed by atoms with Crippen molar-refractivity contribution >= 4 is 109 Å². The van der Waals surface area contributed by atoms with Crippen molar-refractivity contribution in [3.63, 3.8) is 0 Å². The maximum absolute atomic E-state index is 13.0. The molecule has 0 bridgehead atoms. The second-order valence-electron chi connectivity index (χ2n) is 17.5. The van der Waals surface area contributed by atoms with Crippen LogP contribution in [-0.2, 0) is 29.5 Å². The van der Waals surface area contributed by atoms with Crippen LogP contribution < -0.4 is 25.8 Å². The van der Waals surface area contributed by atoms with E-state index < -0.39 is 43.3 Å². The number of nitrogens with one attached hydrogen (secondary N) is 4. The van der Waals surface area contributed by atoms with Crippen molar-refractivity contribution in [3.8, 4) is 47.8 Å². The Morgan fingerprint density at radius 2 is 0.985 bits per heavy atom. The number of nitrogens with two attached hydrogens (primary N) is 1. The highest BCUT2D eigenvalue weighted by Gasteiger charge is 2.28. The number of nitrogens with zero attached hydrogens (tertiary/aromatic N) is 2. The number of anilines is 3. The Kier molecular flexibility index (Phi) is 19.7. The molecule has 16 nitrogen and oxygen atoms in total. The molecule has 0 aliphatic heterocycles. The summed E-state index contributed by atoms with van der Waals surface area (Å²) in [6.45, 7) is 17.7. The molecule has 4 aromatic carbocycles. The SMILES string of the molecule is CC(C)OC(=O)Nc1ccc(-c2ncc(-c3ccc(N)cc3S(=O)(=O)NC(C)(C)C)s2)cc1.CC(C)OC(=O)Nc1ccc(-c2ncc(-c3ccc(O)cc3S(=O)(=O)NC(C)(C)C)s2)cc1.II. The van der Waals surface area contributed by atoms with Crippen LogP contribution in [0, 0.1) is 0 Å². The quantitative estimate of drug-likeness (QED) is 0.0495. The van der Waals surface area contributed by atoms with E-state index >= 15 is 0 Å². The molecule has 0 atom stereocenters. The number of halogens is 2. The van der Waals surface area contributed by atoms with Crippen molar-refractivity contribution in [2.24, 2.45) is 0 Å². The van der Waals surface area contributed by atoms with Gasteiger partial charge in [0.05, 0.1) is 31.8 Å². The van der Waals surface area contributed by atoms with Crippen LogP contribution in [0.3, 0.4) is 0 Å². The van der Waals surface area contributed by atoms with Crippen molar-refractivity contribution in [3.05, 3.63) is 97.3 Å². The van der Waals surface area contributed by atoms with Gasteiger partial charge in [-0.2, -0.15) is 0 Å². The van der Waals surface area contributed by atoms with Crippen molar-refractivity contribution < 1.29 is 41.0 Å². The molecule has 0 radical (unpaired) electrons. The van der Waals surface area contributed by atoms with E-state index in [1.165, 1.54) is 40.9 Å². The van der Waals surface area contributed by atoms with Crippen molar-refractivity contribution in [2.45, 2.75) is 102 Å². The summed E-state index contributed by atoms with van der Waals surface area (Å²) in [5, 5.41) is 16.6. The number of amides is 2. The molecule has 68 heavy (non-hydrogen) atoms. The van der Waals surface area contributed by atoms with Gasteiger partial charge in [-0.3, -0.25) is 10.6 Å². The summed E-state index contributed by atoms with van der Waals surface area (Å²) in [6.07, 6.45) is 1.78. The van der Waals surface area contributed by atoms with Gasteiger partial charge in [0.2, 0.25) is 20.0 Å². The van der Waals surface area contributed by atoms with Gasteiger partial charge in [-0.15, -0.1) is 22.7 Å². The molecular weight excluding hydrogens is 1180 g/mol. The Morgan fingerprint density at radius 1 is 0.618 bits per heavy atom. The first-order valence-corrected chi connectivity index (χ1v) is 31.6. The number of nitrogen functional groups attached to an aromatic ring is 1. The van der Waals surface area contributed by atoms with Gasteiger partial charge < -0.3 is 20.3 Å². The molecule has 2 aromatic heterocycles. The van der Waals surface area contributed by atoms with E-state index in [1.54, 1.807) is 124 Å². The van der Waals surface area contributed by atoms with Crippen LogP contribution in [-0.4, -0.2) is 67.4 Å². The summed E-state index contributed by atoms with van der Waals surface area (Å²) in [4.78, 5) is 33.8. The molecule has 0 saturated carbocycles. The number of carbonyl (C=O) groups is 2. The van der Waals surface area contributed by atoms with Gasteiger partial charge in [0.25, 0.3) is 0 Å². The summed E-state index contributed by atoms with van der Waals surface area (Å²) < 4.78 is 67.5. The lowest BCUT2D eigenvalue weighted by Gasteiger charge is -2.21. The van der Waals surface area contributed by atoms with Crippen LogP contribution in [0.15, 0.2) is 107 Å². The zero-order valence-electron chi connectivity index (χ0n) is 39.0. The first-order chi connectivity index (χ1) is 31.7. The monoisotopic (exact) mass is 1230 g/mol. The number of aromatic hydroxyl groups is 1. The predicted octanol–water partition coefficient (Wildman–Crippen LogP) is 12.1. The molecule has 0 aliphatic carbocycles. The third-order valence-electron chi connectivity index (χ3n) is 8.42. The molecule has 0 unspecified atom stereocenters. The van der Waals surface area contributed by atoms with Gasteiger partial charge in [0.1, 0.15) is 15.8 Å². The van der Waals surface area contributed by atoms with Gasteiger partial charge in [-0.05, 0) is 142 Å². The molecule has 7 N–H and O–H groups in total. The Morgan fingerprint density at radius 3 is 1.35 bits per heavy atom. The van der Waals surface area contributed by atoms with E-state index in [0.29, 0.717) is 48.0 Å². The zero-order chi connectivity index (χ0) is 50.8. The molecule has 6 aromatic rings. The fraction of sp³-hybridized carbons (Fsp3) is 0.304. The Hall–Kier alpha value is -4.44. The van der Waals surface area contributed by atoms with Gasteiger partial charge in [0.15, 0.2) is 0 Å². The summed E-state index contributed by atoms with van der Waals surface area (Å²) in [7, 11) is -7.69. The molecule has 0 spiro atoms. The van der Waals surface area contributed by atoms with Crippen molar-refractivity contribution in [2.75, 3.05) is 16.4 Å². The zero-order valence-corrected chi connectivity index (χ0v) is 46.5. The number of aromatic nitrogens is 2. The molecular formula is C46H55I2N7O9S4. The number of sulfonamides is 2. The number of benzene rings is 4. The molecule has 0 aliphatic rings. The molecule has 2 amide bonds. The number of hydrogen-bond donors (Lipinski definition) is 6. The fourth-order valence-corrected chi connectivity index (χ4v) is 11.4.